The number of nitrogens with one attached hydrogen (secondary N) is 2. The summed E-state index contributed by atoms with van der Waals surface area (Å²) < 4.78 is 16.4. The summed E-state index contributed by atoms with van der Waals surface area (Å²) in [6, 6.07) is 6.29. The van der Waals surface area contributed by atoms with Gasteiger partial charge in [-0.1, -0.05) is 23.8 Å². The summed E-state index contributed by atoms with van der Waals surface area (Å²) in [5.41, 5.74) is 3.76. The van der Waals surface area contributed by atoms with E-state index in [1.165, 1.54) is 11.1 Å². The zero-order valence-corrected chi connectivity index (χ0v) is 19.6. The van der Waals surface area contributed by atoms with Crippen molar-refractivity contribution in [2.75, 3.05) is 47.1 Å². The van der Waals surface area contributed by atoms with Crippen LogP contribution in [0.15, 0.2) is 34.8 Å². The Morgan fingerprint density at radius 2 is 2.11 bits per heavy atom. The fourth-order valence-electron chi connectivity index (χ4n) is 2.86. The first-order valence-corrected chi connectivity index (χ1v) is 9.64. The molecule has 0 unspecified atom stereocenters. The zero-order valence-electron chi connectivity index (χ0n) is 17.3. The van der Waals surface area contributed by atoms with Crippen molar-refractivity contribution in [3.05, 3.63) is 41.0 Å². The second-order valence-electron chi connectivity index (χ2n) is 6.60. The van der Waals surface area contributed by atoms with E-state index in [-0.39, 0.29) is 24.0 Å². The van der Waals surface area contributed by atoms with Crippen molar-refractivity contribution in [3.8, 4) is 5.75 Å². The van der Waals surface area contributed by atoms with Gasteiger partial charge in [0.05, 0.1) is 19.8 Å². The Balaban J connectivity index is 0.00000392. The molecule has 0 fully saturated rings. The number of ether oxygens (including phenoxy) is 3. The summed E-state index contributed by atoms with van der Waals surface area (Å²) in [5.74, 6) is 1.72. The maximum atomic E-state index is 5.95. The summed E-state index contributed by atoms with van der Waals surface area (Å²) in [6.45, 7) is 6.53. The lowest BCUT2D eigenvalue weighted by atomic mass is 10.1. The van der Waals surface area contributed by atoms with Gasteiger partial charge in [0.2, 0.25) is 0 Å². The molecule has 2 rings (SSSR count). The molecule has 1 aromatic carbocycles. The molecule has 0 aromatic heterocycles. The molecule has 28 heavy (non-hydrogen) atoms. The first-order valence-electron chi connectivity index (χ1n) is 9.64. The number of hydrogen-bond acceptors (Lipinski definition) is 4. The topological polar surface area (TPSA) is 64.1 Å². The van der Waals surface area contributed by atoms with Crippen molar-refractivity contribution in [3.63, 3.8) is 0 Å². The molecule has 2 N–H and O–H groups in total. The van der Waals surface area contributed by atoms with Crippen LogP contribution in [0.1, 0.15) is 30.4 Å². The number of aliphatic imine (C=N–C) groups is 1. The zero-order chi connectivity index (χ0) is 19.3. The standard InChI is InChI=1S/C21H33N3O3.HI/c1-17-5-6-19(20(15-17)27-12-4-11-25-3)16-24-21(22-2)23-10-7-18-8-13-26-14-9-18;/h5-6,8,15H,4,7,9-14,16H2,1-3H3,(H2,22,23,24);1H. The SMILES string of the molecule is CN=C(NCCC1=CCOCC1)NCc1ccc(C)cc1OCCCOC.I. The van der Waals surface area contributed by atoms with Crippen molar-refractivity contribution < 1.29 is 14.2 Å². The van der Waals surface area contributed by atoms with Crippen LogP contribution in [0, 0.1) is 6.92 Å². The molecule has 0 saturated heterocycles. The maximum absolute atomic E-state index is 5.95. The number of methoxy groups -OCH3 is 1. The maximum Gasteiger partial charge on any atom is 0.191 e. The van der Waals surface area contributed by atoms with E-state index in [2.05, 4.69) is 46.8 Å². The highest BCUT2D eigenvalue weighted by Gasteiger charge is 2.07. The van der Waals surface area contributed by atoms with Gasteiger partial charge in [0.15, 0.2) is 5.96 Å². The molecule has 0 amide bonds. The van der Waals surface area contributed by atoms with Crippen LogP contribution in [0.4, 0.5) is 0 Å². The molecule has 0 bridgehead atoms. The van der Waals surface area contributed by atoms with Gasteiger partial charge < -0.3 is 24.8 Å². The van der Waals surface area contributed by atoms with Gasteiger partial charge in [0.25, 0.3) is 0 Å². The van der Waals surface area contributed by atoms with Crippen LogP contribution in [0.5, 0.6) is 5.75 Å². The number of hydrogen-bond donors (Lipinski definition) is 2. The van der Waals surface area contributed by atoms with E-state index in [0.717, 1.165) is 56.3 Å². The highest BCUT2D eigenvalue weighted by molar-refractivity contribution is 14.0. The van der Waals surface area contributed by atoms with Crippen molar-refractivity contribution >= 4 is 29.9 Å². The molecular weight excluding hydrogens is 469 g/mol. The molecule has 7 heteroatoms. The van der Waals surface area contributed by atoms with E-state index in [1.807, 2.05) is 0 Å². The molecule has 0 aliphatic carbocycles. The number of aryl methyl sites for hydroxylation is 1. The van der Waals surface area contributed by atoms with Gasteiger partial charge in [-0.25, -0.2) is 0 Å². The second-order valence-corrected chi connectivity index (χ2v) is 6.60. The molecule has 6 nitrogen and oxygen atoms in total. The average Bonchev–Trinajstić information content (AvgIpc) is 2.69. The van der Waals surface area contributed by atoms with Crippen LogP contribution in [-0.2, 0) is 16.0 Å². The summed E-state index contributed by atoms with van der Waals surface area (Å²) in [7, 11) is 3.50. The monoisotopic (exact) mass is 503 g/mol. The molecular formula is C21H34IN3O3. The molecule has 0 saturated carbocycles. The fraction of sp³-hybridized carbons (Fsp3) is 0.571. The quantitative estimate of drug-likeness (QED) is 0.169. The molecule has 1 aliphatic heterocycles. The molecule has 1 aromatic rings. The molecule has 0 atom stereocenters. The van der Waals surface area contributed by atoms with Gasteiger partial charge in [-0.3, -0.25) is 4.99 Å². The van der Waals surface area contributed by atoms with E-state index < -0.39 is 0 Å². The second kappa shape index (κ2) is 14.6. The van der Waals surface area contributed by atoms with E-state index in [1.54, 1.807) is 14.2 Å². The Hall–Kier alpha value is -1.32. The Labute approximate surface area is 186 Å². The highest BCUT2D eigenvalue weighted by Crippen LogP contribution is 2.20. The minimum absolute atomic E-state index is 0. The Morgan fingerprint density at radius 1 is 1.25 bits per heavy atom. The van der Waals surface area contributed by atoms with Gasteiger partial charge in [0.1, 0.15) is 5.75 Å². The number of rotatable bonds is 10. The van der Waals surface area contributed by atoms with Gasteiger partial charge >= 0.3 is 0 Å². The van der Waals surface area contributed by atoms with Crippen LogP contribution >= 0.6 is 24.0 Å². The number of benzene rings is 1. The Kier molecular flexibility index (Phi) is 12.9. The molecule has 158 valence electrons. The van der Waals surface area contributed by atoms with Gasteiger partial charge in [-0.05, 0) is 31.4 Å². The minimum atomic E-state index is 0. The van der Waals surface area contributed by atoms with Crippen LogP contribution in [0.25, 0.3) is 0 Å². The van der Waals surface area contributed by atoms with Crippen molar-refractivity contribution in [1.29, 1.82) is 0 Å². The average molecular weight is 503 g/mol. The van der Waals surface area contributed by atoms with Crippen molar-refractivity contribution in [2.24, 2.45) is 4.99 Å². The minimum Gasteiger partial charge on any atom is -0.493 e. The molecule has 0 radical (unpaired) electrons. The summed E-state index contributed by atoms with van der Waals surface area (Å²) in [4.78, 5) is 4.31. The highest BCUT2D eigenvalue weighted by atomic mass is 127. The number of guanidine groups is 1. The summed E-state index contributed by atoms with van der Waals surface area (Å²) >= 11 is 0. The fourth-order valence-corrected chi connectivity index (χ4v) is 2.86. The third-order valence-electron chi connectivity index (χ3n) is 4.44. The largest absolute Gasteiger partial charge is 0.493 e. The first-order chi connectivity index (χ1) is 13.2. The number of nitrogens with zero attached hydrogens (tertiary/aromatic N) is 1. The van der Waals surface area contributed by atoms with Crippen LogP contribution in [0.2, 0.25) is 0 Å². The van der Waals surface area contributed by atoms with E-state index in [0.29, 0.717) is 19.8 Å². The predicted octanol–water partition coefficient (Wildman–Crippen LogP) is 3.43. The van der Waals surface area contributed by atoms with Gasteiger partial charge in [0, 0.05) is 45.8 Å². The summed E-state index contributed by atoms with van der Waals surface area (Å²) in [6.07, 6.45) is 5.10. The van der Waals surface area contributed by atoms with Gasteiger partial charge in [-0.2, -0.15) is 0 Å². The Bertz CT molecular complexity index is 635. The Morgan fingerprint density at radius 3 is 2.82 bits per heavy atom. The third kappa shape index (κ3) is 9.25. The summed E-state index contributed by atoms with van der Waals surface area (Å²) in [5, 5.41) is 6.75. The lowest BCUT2D eigenvalue weighted by Crippen LogP contribution is -2.37. The third-order valence-corrected chi connectivity index (χ3v) is 4.44. The van der Waals surface area contributed by atoms with E-state index in [9.17, 15) is 0 Å². The van der Waals surface area contributed by atoms with Gasteiger partial charge in [-0.15, -0.1) is 24.0 Å². The smallest absolute Gasteiger partial charge is 0.191 e. The van der Waals surface area contributed by atoms with Crippen molar-refractivity contribution in [2.45, 2.75) is 32.7 Å². The van der Waals surface area contributed by atoms with Crippen LogP contribution < -0.4 is 15.4 Å². The lowest BCUT2D eigenvalue weighted by Gasteiger charge is -2.17. The lowest BCUT2D eigenvalue weighted by molar-refractivity contribution is 0.153. The van der Waals surface area contributed by atoms with Crippen LogP contribution in [-0.4, -0.2) is 53.1 Å². The van der Waals surface area contributed by atoms with Crippen molar-refractivity contribution in [1.82, 2.24) is 10.6 Å². The van der Waals surface area contributed by atoms with E-state index >= 15 is 0 Å². The first kappa shape index (κ1) is 24.7. The predicted molar refractivity (Wildman–Crippen MR) is 125 cm³/mol. The molecule has 0 spiro atoms. The number of halogens is 1. The normalized spacial score (nSPS) is 14.1. The molecule has 1 heterocycles. The molecule has 1 aliphatic rings. The van der Waals surface area contributed by atoms with Crippen LogP contribution in [0.3, 0.4) is 0 Å². The van der Waals surface area contributed by atoms with E-state index in [4.69, 9.17) is 14.2 Å².